The Morgan fingerprint density at radius 1 is 1.15 bits per heavy atom. The smallest absolute Gasteiger partial charge is 0.246 e. The molecule has 4 nitrogen and oxygen atoms in total. The fourth-order valence-electron chi connectivity index (χ4n) is 2.68. The van der Waals surface area contributed by atoms with Crippen molar-refractivity contribution in [2.45, 2.75) is 25.0 Å². The molecular formula is C8H8BrNO3. The van der Waals surface area contributed by atoms with Crippen LogP contribution in [0.2, 0.25) is 0 Å². The summed E-state index contributed by atoms with van der Waals surface area (Å²) in [5.41, 5.74) is 0. The molecule has 0 aromatic heterocycles. The summed E-state index contributed by atoms with van der Waals surface area (Å²) in [6, 6.07) is 0. The highest BCUT2D eigenvalue weighted by molar-refractivity contribution is 9.08. The number of ether oxygens (including phenoxy) is 1. The molecule has 4 unspecified atom stereocenters. The van der Waals surface area contributed by atoms with Crippen molar-refractivity contribution in [2.24, 2.45) is 11.8 Å². The molecule has 3 rings (SSSR count). The van der Waals surface area contributed by atoms with Gasteiger partial charge in [0.25, 0.3) is 0 Å². The van der Waals surface area contributed by atoms with Crippen LogP contribution in [-0.2, 0) is 14.3 Å². The van der Waals surface area contributed by atoms with Crippen molar-refractivity contribution in [1.29, 1.82) is 0 Å². The first-order valence-electron chi connectivity index (χ1n) is 4.39. The van der Waals surface area contributed by atoms with E-state index in [1.165, 1.54) is 0 Å². The lowest BCUT2D eigenvalue weighted by molar-refractivity contribution is -0.135. The van der Waals surface area contributed by atoms with Crippen molar-refractivity contribution in [2.75, 3.05) is 0 Å². The second kappa shape index (κ2) is 2.33. The van der Waals surface area contributed by atoms with Gasteiger partial charge in [0.15, 0.2) is 0 Å². The Labute approximate surface area is 83.6 Å². The van der Waals surface area contributed by atoms with E-state index in [1.54, 1.807) is 0 Å². The maximum absolute atomic E-state index is 11.6. The number of nitrogens with zero attached hydrogens (tertiary/aromatic N) is 1. The zero-order valence-electron chi connectivity index (χ0n) is 6.77. The maximum atomic E-state index is 11.6. The highest BCUT2D eigenvalue weighted by Crippen LogP contribution is 2.49. The molecule has 0 aromatic carbocycles. The van der Waals surface area contributed by atoms with Gasteiger partial charge in [0.1, 0.15) is 0 Å². The van der Waals surface area contributed by atoms with E-state index in [9.17, 15) is 9.59 Å². The van der Waals surface area contributed by atoms with Crippen LogP contribution in [0.3, 0.4) is 0 Å². The molecule has 3 aliphatic heterocycles. The average Bonchev–Trinajstić information content (AvgIpc) is 2.76. The van der Waals surface area contributed by atoms with Crippen LogP contribution in [0.4, 0.5) is 0 Å². The van der Waals surface area contributed by atoms with Crippen molar-refractivity contribution in [3.63, 3.8) is 0 Å². The summed E-state index contributed by atoms with van der Waals surface area (Å²) in [6.07, 6.45) is 1.83. The number of hydrogen-bond acceptors (Lipinski definition) is 3. The summed E-state index contributed by atoms with van der Waals surface area (Å²) >= 11 is 2.99. The monoisotopic (exact) mass is 245 g/mol. The van der Waals surface area contributed by atoms with Crippen LogP contribution in [0, 0.1) is 11.8 Å². The lowest BCUT2D eigenvalue weighted by atomic mass is 9.81. The molecule has 3 heterocycles. The van der Waals surface area contributed by atoms with Crippen LogP contribution >= 0.6 is 16.1 Å². The standard InChI is InChI=1S/C8H8BrNO3/c9-10-7(11)5-3-1-2-4(13-3)6(5)8(10)12/h3-6H,1-2H2. The zero-order chi connectivity index (χ0) is 9.16. The first-order valence-corrected chi connectivity index (χ1v) is 5.10. The van der Waals surface area contributed by atoms with Gasteiger partial charge in [-0.25, -0.2) is 3.93 Å². The second-order valence-electron chi connectivity index (χ2n) is 3.80. The molecule has 5 heteroatoms. The Morgan fingerprint density at radius 3 is 2.08 bits per heavy atom. The van der Waals surface area contributed by atoms with E-state index < -0.39 is 0 Å². The van der Waals surface area contributed by atoms with Crippen molar-refractivity contribution >= 4 is 28.0 Å². The predicted molar refractivity (Wildman–Crippen MR) is 45.7 cm³/mol. The minimum absolute atomic E-state index is 0.00556. The first-order chi connectivity index (χ1) is 6.20. The SMILES string of the molecule is O=C1C2C3CCC(O3)C2C(=O)N1Br. The molecule has 0 N–H and O–H groups in total. The minimum atomic E-state index is -0.203. The maximum Gasteiger partial charge on any atom is 0.246 e. The molecule has 0 spiro atoms. The van der Waals surface area contributed by atoms with Gasteiger partial charge in [-0.3, -0.25) is 9.59 Å². The van der Waals surface area contributed by atoms with Crippen LogP contribution in [0.25, 0.3) is 0 Å². The number of imide groups is 1. The largest absolute Gasteiger partial charge is 0.373 e. The van der Waals surface area contributed by atoms with E-state index in [0.29, 0.717) is 0 Å². The van der Waals surface area contributed by atoms with Crippen LogP contribution in [0.1, 0.15) is 12.8 Å². The third-order valence-corrected chi connectivity index (χ3v) is 3.93. The van der Waals surface area contributed by atoms with Crippen LogP contribution in [-0.4, -0.2) is 27.9 Å². The highest BCUT2D eigenvalue weighted by Gasteiger charge is 2.62. The number of hydrogen-bond donors (Lipinski definition) is 0. The topological polar surface area (TPSA) is 46.6 Å². The van der Waals surface area contributed by atoms with Crippen LogP contribution < -0.4 is 0 Å². The molecule has 0 aliphatic carbocycles. The van der Waals surface area contributed by atoms with Gasteiger partial charge in [0.2, 0.25) is 11.8 Å². The zero-order valence-corrected chi connectivity index (χ0v) is 8.36. The van der Waals surface area contributed by atoms with Crippen molar-refractivity contribution < 1.29 is 14.3 Å². The summed E-state index contributed by atoms with van der Waals surface area (Å²) in [7, 11) is 0. The molecule has 4 atom stereocenters. The number of fused-ring (bicyclic) bond motifs is 5. The van der Waals surface area contributed by atoms with Crippen LogP contribution in [0.5, 0.6) is 0 Å². The molecule has 0 radical (unpaired) electrons. The normalized spacial score (nSPS) is 47.6. The van der Waals surface area contributed by atoms with Gasteiger partial charge < -0.3 is 4.74 Å². The van der Waals surface area contributed by atoms with E-state index in [1.807, 2.05) is 0 Å². The third kappa shape index (κ3) is 0.794. The molecule has 0 saturated carbocycles. The molecule has 70 valence electrons. The molecule has 2 bridgehead atoms. The van der Waals surface area contributed by atoms with Gasteiger partial charge in [-0.05, 0) is 12.8 Å². The van der Waals surface area contributed by atoms with Gasteiger partial charge in [-0.2, -0.15) is 0 Å². The molecule has 3 aliphatic rings. The van der Waals surface area contributed by atoms with Gasteiger partial charge in [0.05, 0.1) is 40.2 Å². The third-order valence-electron chi connectivity index (χ3n) is 3.23. The lowest BCUT2D eigenvalue weighted by Crippen LogP contribution is -2.29. The van der Waals surface area contributed by atoms with E-state index in [0.717, 1.165) is 16.8 Å². The fourth-order valence-corrected chi connectivity index (χ4v) is 3.15. The molecule has 0 aromatic rings. The Bertz CT molecular complexity index is 278. The molecule has 13 heavy (non-hydrogen) atoms. The van der Waals surface area contributed by atoms with E-state index in [-0.39, 0.29) is 35.9 Å². The molecule has 2 amide bonds. The minimum Gasteiger partial charge on any atom is -0.373 e. The summed E-state index contributed by atoms with van der Waals surface area (Å²) in [5.74, 6) is -0.652. The summed E-state index contributed by atoms with van der Waals surface area (Å²) < 4.78 is 6.62. The Morgan fingerprint density at radius 2 is 1.62 bits per heavy atom. The number of carbonyl (C=O) groups is 2. The Balaban J connectivity index is 2.03. The molecule has 3 fully saturated rings. The number of halogens is 1. The highest BCUT2D eigenvalue weighted by atomic mass is 79.9. The van der Waals surface area contributed by atoms with Gasteiger partial charge >= 0.3 is 0 Å². The number of amides is 2. The van der Waals surface area contributed by atoms with Gasteiger partial charge in [-0.1, -0.05) is 0 Å². The average molecular weight is 246 g/mol. The number of carbonyl (C=O) groups excluding carboxylic acids is 2. The van der Waals surface area contributed by atoms with Crippen molar-refractivity contribution in [3.05, 3.63) is 0 Å². The number of rotatable bonds is 0. The fraction of sp³-hybridized carbons (Fsp3) is 0.750. The van der Waals surface area contributed by atoms with E-state index in [4.69, 9.17) is 4.74 Å². The lowest BCUT2D eigenvalue weighted by Gasteiger charge is -2.14. The molecular weight excluding hydrogens is 238 g/mol. The van der Waals surface area contributed by atoms with Crippen molar-refractivity contribution in [3.8, 4) is 0 Å². The van der Waals surface area contributed by atoms with Gasteiger partial charge in [-0.15, -0.1) is 0 Å². The molecule has 3 saturated heterocycles. The Kier molecular flexibility index (Phi) is 1.42. The Hall–Kier alpha value is -0.420. The summed E-state index contributed by atoms with van der Waals surface area (Å²) in [4.78, 5) is 23.1. The van der Waals surface area contributed by atoms with Crippen LogP contribution in [0.15, 0.2) is 0 Å². The van der Waals surface area contributed by atoms with E-state index >= 15 is 0 Å². The second-order valence-corrected chi connectivity index (χ2v) is 4.51. The van der Waals surface area contributed by atoms with Crippen molar-refractivity contribution in [1.82, 2.24) is 3.93 Å². The predicted octanol–water partition coefficient (Wildman–Crippen LogP) is 0.459. The quantitative estimate of drug-likeness (QED) is 0.460. The summed E-state index contributed by atoms with van der Waals surface area (Å²) in [6.45, 7) is 0. The van der Waals surface area contributed by atoms with Gasteiger partial charge in [0, 0.05) is 0 Å². The first kappa shape index (κ1) is 7.94. The summed E-state index contributed by atoms with van der Waals surface area (Å²) in [5, 5.41) is 0. The van der Waals surface area contributed by atoms with E-state index in [2.05, 4.69) is 16.1 Å².